The van der Waals surface area contributed by atoms with Gasteiger partial charge in [-0.25, -0.2) is 4.98 Å². The van der Waals surface area contributed by atoms with Crippen molar-refractivity contribution in [2.45, 2.75) is 39.8 Å². The van der Waals surface area contributed by atoms with E-state index in [2.05, 4.69) is 34.4 Å². The van der Waals surface area contributed by atoms with E-state index in [1.807, 2.05) is 0 Å². The molecule has 1 aliphatic heterocycles. The molecular weight excluding hydrogens is 230 g/mol. The zero-order valence-electron chi connectivity index (χ0n) is 10.9. The average Bonchev–Trinajstić information content (AvgIpc) is 2.74. The van der Waals surface area contributed by atoms with Gasteiger partial charge < -0.3 is 5.32 Å². The molecule has 0 bridgehead atoms. The normalized spacial score (nSPS) is 21.9. The fourth-order valence-corrected chi connectivity index (χ4v) is 3.15. The molecule has 0 amide bonds. The Morgan fingerprint density at radius 3 is 3.24 bits per heavy atom. The van der Waals surface area contributed by atoms with E-state index in [9.17, 15) is 0 Å². The van der Waals surface area contributed by atoms with Crippen molar-refractivity contribution in [3.8, 4) is 0 Å². The van der Waals surface area contributed by atoms with Crippen LogP contribution in [0.5, 0.6) is 0 Å². The smallest absolute Gasteiger partial charge is 0.107 e. The van der Waals surface area contributed by atoms with E-state index in [0.29, 0.717) is 0 Å². The molecule has 0 spiro atoms. The number of hydrogen-bond acceptors (Lipinski definition) is 4. The van der Waals surface area contributed by atoms with Crippen LogP contribution >= 0.6 is 11.3 Å². The molecule has 1 saturated heterocycles. The largest absolute Gasteiger partial charge is 0.311 e. The third-order valence-electron chi connectivity index (χ3n) is 3.25. The van der Waals surface area contributed by atoms with E-state index in [4.69, 9.17) is 0 Å². The van der Waals surface area contributed by atoms with E-state index < -0.39 is 0 Å². The summed E-state index contributed by atoms with van der Waals surface area (Å²) in [6.07, 6.45) is 2.73. The van der Waals surface area contributed by atoms with E-state index in [-0.39, 0.29) is 0 Å². The van der Waals surface area contributed by atoms with Gasteiger partial charge in [-0.15, -0.1) is 11.3 Å². The first-order valence-corrected chi connectivity index (χ1v) is 7.52. The van der Waals surface area contributed by atoms with E-state index >= 15 is 0 Å². The van der Waals surface area contributed by atoms with Crippen LogP contribution in [0.3, 0.4) is 0 Å². The van der Waals surface area contributed by atoms with Crippen LogP contribution in [-0.2, 0) is 13.1 Å². The topological polar surface area (TPSA) is 28.2 Å². The SMILES string of the molecule is CCNCc1nc(CN2CCCC(C)C2)cs1. The van der Waals surface area contributed by atoms with Crippen molar-refractivity contribution in [3.05, 3.63) is 16.1 Å². The van der Waals surface area contributed by atoms with Gasteiger partial charge in [-0.05, 0) is 31.8 Å². The summed E-state index contributed by atoms with van der Waals surface area (Å²) in [5, 5.41) is 6.75. The van der Waals surface area contributed by atoms with Crippen molar-refractivity contribution in [2.24, 2.45) is 5.92 Å². The second kappa shape index (κ2) is 6.47. The third kappa shape index (κ3) is 4.05. The minimum absolute atomic E-state index is 0.851. The van der Waals surface area contributed by atoms with Gasteiger partial charge in [-0.3, -0.25) is 4.90 Å². The van der Waals surface area contributed by atoms with Gasteiger partial charge in [0.25, 0.3) is 0 Å². The van der Waals surface area contributed by atoms with E-state index in [1.54, 1.807) is 11.3 Å². The highest BCUT2D eigenvalue weighted by Gasteiger charge is 2.17. The number of nitrogens with one attached hydrogen (secondary N) is 1. The first-order valence-electron chi connectivity index (χ1n) is 6.64. The molecule has 1 aliphatic rings. The number of rotatable bonds is 5. The summed E-state index contributed by atoms with van der Waals surface area (Å²) in [4.78, 5) is 7.22. The predicted octanol–water partition coefficient (Wildman–Crippen LogP) is 2.48. The fraction of sp³-hybridized carbons (Fsp3) is 0.769. The second-order valence-corrected chi connectivity index (χ2v) is 5.94. The molecule has 2 heterocycles. The quantitative estimate of drug-likeness (QED) is 0.874. The molecule has 0 saturated carbocycles. The van der Waals surface area contributed by atoms with Gasteiger partial charge in [0.05, 0.1) is 5.69 Å². The van der Waals surface area contributed by atoms with Crippen molar-refractivity contribution in [3.63, 3.8) is 0 Å². The first kappa shape index (κ1) is 13.0. The Balaban J connectivity index is 1.83. The average molecular weight is 253 g/mol. The van der Waals surface area contributed by atoms with Crippen LogP contribution in [-0.4, -0.2) is 29.5 Å². The lowest BCUT2D eigenvalue weighted by Gasteiger charge is -2.30. The van der Waals surface area contributed by atoms with Crippen molar-refractivity contribution < 1.29 is 0 Å². The lowest BCUT2D eigenvalue weighted by molar-refractivity contribution is 0.175. The Bertz CT molecular complexity index is 337. The van der Waals surface area contributed by atoms with Crippen LogP contribution in [0.25, 0.3) is 0 Å². The molecule has 1 unspecified atom stereocenters. The minimum Gasteiger partial charge on any atom is -0.311 e. The summed E-state index contributed by atoms with van der Waals surface area (Å²) in [5.41, 5.74) is 1.25. The standard InChI is InChI=1S/C13H23N3S/c1-3-14-7-13-15-12(10-17-13)9-16-6-4-5-11(2)8-16/h10-11,14H,3-9H2,1-2H3. The van der Waals surface area contributed by atoms with Crippen molar-refractivity contribution in [2.75, 3.05) is 19.6 Å². The van der Waals surface area contributed by atoms with Crippen LogP contribution in [0.1, 0.15) is 37.4 Å². The van der Waals surface area contributed by atoms with Gasteiger partial charge in [0.1, 0.15) is 5.01 Å². The number of piperidine rings is 1. The van der Waals surface area contributed by atoms with Crippen LogP contribution in [0.4, 0.5) is 0 Å². The Morgan fingerprint density at radius 2 is 2.47 bits per heavy atom. The molecule has 1 aromatic heterocycles. The molecule has 0 aliphatic carbocycles. The first-order chi connectivity index (χ1) is 8.28. The molecule has 0 aromatic carbocycles. The molecule has 96 valence electrons. The van der Waals surface area contributed by atoms with Crippen LogP contribution in [0, 0.1) is 5.92 Å². The highest BCUT2D eigenvalue weighted by atomic mass is 32.1. The van der Waals surface area contributed by atoms with Crippen molar-refractivity contribution in [1.82, 2.24) is 15.2 Å². The summed E-state index contributed by atoms with van der Waals surface area (Å²) in [6.45, 7) is 9.92. The summed E-state index contributed by atoms with van der Waals surface area (Å²) in [7, 11) is 0. The Labute approximate surface area is 108 Å². The maximum atomic E-state index is 4.68. The summed E-state index contributed by atoms with van der Waals surface area (Å²) in [5.74, 6) is 0.851. The van der Waals surface area contributed by atoms with Gasteiger partial charge in [-0.2, -0.15) is 0 Å². The number of aromatic nitrogens is 1. The maximum Gasteiger partial charge on any atom is 0.107 e. The highest BCUT2D eigenvalue weighted by Crippen LogP contribution is 2.18. The number of likely N-dealkylation sites (tertiary alicyclic amines) is 1. The number of thiazole rings is 1. The number of hydrogen-bond donors (Lipinski definition) is 1. The van der Waals surface area contributed by atoms with Gasteiger partial charge in [0, 0.05) is 25.0 Å². The molecule has 4 heteroatoms. The highest BCUT2D eigenvalue weighted by molar-refractivity contribution is 7.09. The molecule has 17 heavy (non-hydrogen) atoms. The molecule has 3 nitrogen and oxygen atoms in total. The number of nitrogens with zero attached hydrogens (tertiary/aromatic N) is 2. The Morgan fingerprint density at radius 1 is 1.59 bits per heavy atom. The van der Waals surface area contributed by atoms with Gasteiger partial charge in [-0.1, -0.05) is 13.8 Å². The molecule has 2 rings (SSSR count). The summed E-state index contributed by atoms with van der Waals surface area (Å²) in [6, 6.07) is 0. The lowest BCUT2D eigenvalue weighted by atomic mass is 10.0. The van der Waals surface area contributed by atoms with Crippen LogP contribution in [0.2, 0.25) is 0 Å². The monoisotopic (exact) mass is 253 g/mol. The molecule has 1 aromatic rings. The Hall–Kier alpha value is -0.450. The van der Waals surface area contributed by atoms with Crippen molar-refractivity contribution in [1.29, 1.82) is 0 Å². The van der Waals surface area contributed by atoms with Crippen LogP contribution < -0.4 is 5.32 Å². The van der Waals surface area contributed by atoms with Gasteiger partial charge in [0.15, 0.2) is 0 Å². The van der Waals surface area contributed by atoms with Crippen molar-refractivity contribution >= 4 is 11.3 Å². The molecule has 1 atom stereocenters. The molecule has 1 N–H and O–H groups in total. The summed E-state index contributed by atoms with van der Waals surface area (Å²) < 4.78 is 0. The minimum atomic E-state index is 0.851. The zero-order valence-corrected chi connectivity index (χ0v) is 11.7. The zero-order chi connectivity index (χ0) is 12.1. The molecular formula is C13H23N3S. The fourth-order valence-electron chi connectivity index (χ4n) is 2.39. The maximum absolute atomic E-state index is 4.68. The van der Waals surface area contributed by atoms with E-state index in [1.165, 1.54) is 36.6 Å². The third-order valence-corrected chi connectivity index (χ3v) is 4.15. The molecule has 1 fully saturated rings. The second-order valence-electron chi connectivity index (χ2n) is 5.00. The lowest BCUT2D eigenvalue weighted by Crippen LogP contribution is -2.33. The molecule has 0 radical (unpaired) electrons. The van der Waals surface area contributed by atoms with E-state index in [0.717, 1.165) is 25.6 Å². The van der Waals surface area contributed by atoms with Crippen LogP contribution in [0.15, 0.2) is 5.38 Å². The Kier molecular flexibility index (Phi) is 4.95. The predicted molar refractivity (Wildman–Crippen MR) is 73.2 cm³/mol. The summed E-state index contributed by atoms with van der Waals surface area (Å²) >= 11 is 1.78. The van der Waals surface area contributed by atoms with Gasteiger partial charge >= 0.3 is 0 Å². The van der Waals surface area contributed by atoms with Gasteiger partial charge in [0.2, 0.25) is 0 Å².